The van der Waals surface area contributed by atoms with Crippen molar-refractivity contribution in [3.8, 4) is 5.69 Å². The molecule has 5 rings (SSSR count). The lowest BCUT2D eigenvalue weighted by Gasteiger charge is -2.24. The molecular weight excluding hydrogens is 304 g/mol. The average Bonchev–Trinajstić information content (AvgIpc) is 2.58. The zero-order chi connectivity index (χ0) is 15.6. The van der Waals surface area contributed by atoms with Gasteiger partial charge in [-0.15, -0.1) is 0 Å². The van der Waals surface area contributed by atoms with E-state index in [2.05, 4.69) is 40.7 Å². The van der Waals surface area contributed by atoms with Gasteiger partial charge in [0, 0.05) is 21.4 Å². The fraction of sp³-hybridized carbons (Fsp3) is 0.0526. The molecule has 0 unspecified atom stereocenters. The van der Waals surface area contributed by atoms with E-state index in [9.17, 15) is 4.79 Å². The van der Waals surface area contributed by atoms with E-state index in [0.29, 0.717) is 5.39 Å². The first kappa shape index (κ1) is 12.9. The van der Waals surface area contributed by atoms with Gasteiger partial charge in [-0.2, -0.15) is 0 Å². The van der Waals surface area contributed by atoms with Crippen LogP contribution in [0.3, 0.4) is 0 Å². The van der Waals surface area contributed by atoms with Crippen LogP contribution >= 0.6 is 11.8 Å². The first-order valence-corrected chi connectivity index (χ1v) is 8.27. The van der Waals surface area contributed by atoms with E-state index in [1.807, 2.05) is 24.3 Å². The molecule has 0 amide bonds. The molecule has 1 aliphatic heterocycles. The van der Waals surface area contributed by atoms with Crippen molar-refractivity contribution < 1.29 is 0 Å². The lowest BCUT2D eigenvalue weighted by Crippen LogP contribution is -2.14. The molecule has 2 aromatic carbocycles. The van der Waals surface area contributed by atoms with Crippen molar-refractivity contribution >= 4 is 33.7 Å². The van der Waals surface area contributed by atoms with Gasteiger partial charge in [-0.3, -0.25) is 9.36 Å². The minimum Gasteiger partial charge on any atom is -0.291 e. The van der Waals surface area contributed by atoms with Crippen molar-refractivity contribution in [2.24, 2.45) is 0 Å². The standard InChI is InChI=1S/C19H12N2OS/c1-11-7-8-15-14(10-11)21-17-12(4-2-6-16(17)23-15)18(22)13-5-3-9-20-19(13)21/h2-10H,1H3. The Morgan fingerprint density at radius 3 is 2.78 bits per heavy atom. The lowest BCUT2D eigenvalue weighted by atomic mass is 10.1. The van der Waals surface area contributed by atoms with Crippen LogP contribution in [0.1, 0.15) is 5.56 Å². The van der Waals surface area contributed by atoms with Crippen LogP contribution in [0.4, 0.5) is 0 Å². The Bertz CT molecular complexity index is 1180. The summed E-state index contributed by atoms with van der Waals surface area (Å²) in [5.41, 5.74) is 4.04. The maximum atomic E-state index is 12.8. The number of aromatic nitrogens is 2. The van der Waals surface area contributed by atoms with Crippen LogP contribution in [0.5, 0.6) is 0 Å². The zero-order valence-electron chi connectivity index (χ0n) is 12.4. The molecule has 0 aliphatic carbocycles. The van der Waals surface area contributed by atoms with Gasteiger partial charge in [0.1, 0.15) is 5.65 Å². The van der Waals surface area contributed by atoms with Crippen LogP contribution in [0.15, 0.2) is 69.3 Å². The Kier molecular flexibility index (Phi) is 2.50. The maximum Gasteiger partial charge on any atom is 0.198 e. The van der Waals surface area contributed by atoms with Crippen LogP contribution in [0.25, 0.3) is 27.6 Å². The average molecular weight is 316 g/mol. The summed E-state index contributed by atoms with van der Waals surface area (Å²) in [6.07, 6.45) is 1.75. The van der Waals surface area contributed by atoms with Crippen LogP contribution in [-0.4, -0.2) is 9.55 Å². The van der Waals surface area contributed by atoms with Crippen LogP contribution in [0.2, 0.25) is 0 Å². The molecule has 4 aromatic rings. The number of fused-ring (bicyclic) bond motifs is 4. The maximum absolute atomic E-state index is 12.8. The van der Waals surface area contributed by atoms with E-state index in [-0.39, 0.29) is 5.43 Å². The molecule has 0 saturated heterocycles. The normalized spacial score (nSPS) is 12.6. The summed E-state index contributed by atoms with van der Waals surface area (Å²) < 4.78 is 2.14. The van der Waals surface area contributed by atoms with Gasteiger partial charge in [-0.25, -0.2) is 4.98 Å². The lowest BCUT2D eigenvalue weighted by molar-refractivity contribution is 1.04. The van der Waals surface area contributed by atoms with E-state index in [0.717, 1.165) is 27.1 Å². The molecule has 110 valence electrons. The molecule has 0 saturated carbocycles. The molecular formula is C19H12N2OS. The van der Waals surface area contributed by atoms with Gasteiger partial charge in [0.25, 0.3) is 0 Å². The van der Waals surface area contributed by atoms with E-state index in [4.69, 9.17) is 0 Å². The Labute approximate surface area is 136 Å². The summed E-state index contributed by atoms with van der Waals surface area (Å²) >= 11 is 1.71. The second kappa shape index (κ2) is 4.46. The zero-order valence-corrected chi connectivity index (χ0v) is 13.2. The number of aryl methyl sites for hydroxylation is 1. The molecule has 0 N–H and O–H groups in total. The van der Waals surface area contributed by atoms with E-state index in [1.54, 1.807) is 18.0 Å². The predicted octanol–water partition coefficient (Wildman–Crippen LogP) is 4.31. The van der Waals surface area contributed by atoms with Crippen molar-refractivity contribution in [2.45, 2.75) is 16.7 Å². The summed E-state index contributed by atoms with van der Waals surface area (Å²) in [6, 6.07) is 16.0. The predicted molar refractivity (Wildman–Crippen MR) is 93.7 cm³/mol. The number of rotatable bonds is 0. The molecule has 4 heteroatoms. The highest BCUT2D eigenvalue weighted by molar-refractivity contribution is 7.99. The first-order valence-electron chi connectivity index (χ1n) is 7.45. The fourth-order valence-electron chi connectivity index (χ4n) is 3.26. The molecule has 0 radical (unpaired) electrons. The van der Waals surface area contributed by atoms with Gasteiger partial charge in [-0.05, 0) is 48.9 Å². The van der Waals surface area contributed by atoms with Crippen molar-refractivity contribution in [3.63, 3.8) is 0 Å². The number of para-hydroxylation sites is 1. The van der Waals surface area contributed by atoms with Crippen LogP contribution in [0, 0.1) is 6.92 Å². The topological polar surface area (TPSA) is 34.9 Å². The number of hydrogen-bond acceptors (Lipinski definition) is 3. The molecule has 2 aromatic heterocycles. The third-order valence-corrected chi connectivity index (χ3v) is 5.40. The number of benzene rings is 2. The smallest absolute Gasteiger partial charge is 0.198 e. The van der Waals surface area contributed by atoms with E-state index in [1.165, 1.54) is 10.5 Å². The summed E-state index contributed by atoms with van der Waals surface area (Å²) in [5.74, 6) is 0. The minimum absolute atomic E-state index is 0.0536. The third kappa shape index (κ3) is 1.67. The quantitative estimate of drug-likeness (QED) is 0.399. The summed E-state index contributed by atoms with van der Waals surface area (Å²) in [4.78, 5) is 19.7. The second-order valence-corrected chi connectivity index (χ2v) is 6.85. The fourth-order valence-corrected chi connectivity index (χ4v) is 4.34. The highest BCUT2D eigenvalue weighted by Crippen LogP contribution is 2.43. The Balaban J connectivity index is 2.14. The van der Waals surface area contributed by atoms with Crippen molar-refractivity contribution in [2.75, 3.05) is 0 Å². The van der Waals surface area contributed by atoms with Gasteiger partial charge < -0.3 is 0 Å². The second-order valence-electron chi connectivity index (χ2n) is 5.76. The SMILES string of the molecule is Cc1ccc2c(c1)-n1c3ncccc3c(=O)c3cccc(c31)S2. The molecule has 23 heavy (non-hydrogen) atoms. The van der Waals surface area contributed by atoms with Crippen LogP contribution in [-0.2, 0) is 0 Å². The molecule has 1 aliphatic rings. The highest BCUT2D eigenvalue weighted by Gasteiger charge is 2.22. The Morgan fingerprint density at radius 1 is 1.00 bits per heavy atom. The number of pyridine rings is 2. The summed E-state index contributed by atoms with van der Waals surface area (Å²) in [7, 11) is 0. The Hall–Kier alpha value is -2.59. The molecule has 0 bridgehead atoms. The van der Waals surface area contributed by atoms with Crippen molar-refractivity contribution in [1.82, 2.24) is 9.55 Å². The monoisotopic (exact) mass is 316 g/mol. The van der Waals surface area contributed by atoms with Gasteiger partial charge in [0.2, 0.25) is 0 Å². The molecule has 3 heterocycles. The van der Waals surface area contributed by atoms with Crippen LogP contribution < -0.4 is 5.43 Å². The first-order chi connectivity index (χ1) is 11.2. The largest absolute Gasteiger partial charge is 0.291 e. The minimum atomic E-state index is 0.0536. The molecule has 3 nitrogen and oxygen atoms in total. The number of nitrogens with zero attached hydrogens (tertiary/aromatic N) is 2. The van der Waals surface area contributed by atoms with Gasteiger partial charge in [0.15, 0.2) is 5.43 Å². The van der Waals surface area contributed by atoms with E-state index >= 15 is 0 Å². The summed E-state index contributed by atoms with van der Waals surface area (Å²) in [5, 5.41) is 1.42. The van der Waals surface area contributed by atoms with Gasteiger partial charge in [-0.1, -0.05) is 23.9 Å². The van der Waals surface area contributed by atoms with Crippen molar-refractivity contribution in [1.29, 1.82) is 0 Å². The van der Waals surface area contributed by atoms with Gasteiger partial charge in [0.05, 0.1) is 16.6 Å². The molecule has 0 fully saturated rings. The van der Waals surface area contributed by atoms with E-state index < -0.39 is 0 Å². The highest BCUT2D eigenvalue weighted by atomic mass is 32.2. The third-order valence-electron chi connectivity index (χ3n) is 4.29. The molecule has 0 spiro atoms. The summed E-state index contributed by atoms with van der Waals surface area (Å²) in [6.45, 7) is 2.08. The molecule has 0 atom stereocenters. The number of hydrogen-bond donors (Lipinski definition) is 0. The van der Waals surface area contributed by atoms with Crippen molar-refractivity contribution in [3.05, 3.63) is 70.5 Å². The Morgan fingerprint density at radius 2 is 1.87 bits per heavy atom. The van der Waals surface area contributed by atoms with Gasteiger partial charge >= 0.3 is 0 Å².